The van der Waals surface area contributed by atoms with E-state index in [9.17, 15) is 0 Å². The topological polar surface area (TPSA) is 36.2 Å². The molecule has 0 saturated carbocycles. The van der Waals surface area contributed by atoms with Gasteiger partial charge in [0.25, 0.3) is 0 Å². The quantitative estimate of drug-likeness (QED) is 0.491. The Bertz CT molecular complexity index is 247. The van der Waals surface area contributed by atoms with Gasteiger partial charge in [-0.15, -0.1) is 0 Å². The number of aliphatic imine (C=N–C) groups is 1. The molecule has 0 aromatic heterocycles. The monoisotopic (exact) mass is 192 g/mol. The first-order valence-corrected chi connectivity index (χ1v) is 5.18. The van der Waals surface area contributed by atoms with Crippen molar-refractivity contribution >= 4 is 11.9 Å². The standard InChI is InChI=1S/C12H20N2/c1-4-7-11(9-10-14-6-3)12(13)8-5-2/h6-7,9-10,13H,4-5,8H2,1-3H3/b10-9-,11-7-,13-12?,14-6?. The maximum Gasteiger partial charge on any atom is 0.0383 e. The fraction of sp³-hybridized carbons (Fsp3) is 0.500. The molecule has 0 aromatic carbocycles. The minimum absolute atomic E-state index is 0.705. The lowest BCUT2D eigenvalue weighted by Gasteiger charge is -2.02. The number of allylic oxidation sites excluding steroid dienone is 3. The molecule has 0 spiro atoms. The molecule has 0 aliphatic rings. The maximum atomic E-state index is 7.81. The Labute approximate surface area is 87.0 Å². The predicted octanol–water partition coefficient (Wildman–Crippen LogP) is 3.75. The van der Waals surface area contributed by atoms with E-state index in [4.69, 9.17) is 5.41 Å². The van der Waals surface area contributed by atoms with Crippen LogP contribution >= 0.6 is 0 Å². The van der Waals surface area contributed by atoms with Crippen molar-refractivity contribution in [3.63, 3.8) is 0 Å². The van der Waals surface area contributed by atoms with Crippen LogP contribution in [0.1, 0.15) is 40.0 Å². The molecule has 0 fully saturated rings. The van der Waals surface area contributed by atoms with Crippen molar-refractivity contribution < 1.29 is 0 Å². The van der Waals surface area contributed by atoms with Gasteiger partial charge in [0.05, 0.1) is 0 Å². The van der Waals surface area contributed by atoms with Crippen molar-refractivity contribution in [2.45, 2.75) is 40.0 Å². The molecule has 0 heterocycles. The molecule has 0 aliphatic heterocycles. The average Bonchev–Trinajstić information content (AvgIpc) is 2.17. The smallest absolute Gasteiger partial charge is 0.0383 e. The Hall–Kier alpha value is -1.18. The predicted molar refractivity (Wildman–Crippen MR) is 64.3 cm³/mol. The van der Waals surface area contributed by atoms with E-state index in [0.29, 0.717) is 5.71 Å². The van der Waals surface area contributed by atoms with Crippen LogP contribution in [0, 0.1) is 5.41 Å². The Balaban J connectivity index is 4.44. The summed E-state index contributed by atoms with van der Waals surface area (Å²) in [6.07, 6.45) is 10.3. The maximum absolute atomic E-state index is 7.81. The van der Waals surface area contributed by atoms with Gasteiger partial charge < -0.3 is 5.41 Å². The summed E-state index contributed by atoms with van der Waals surface area (Å²) in [7, 11) is 0. The highest BCUT2D eigenvalue weighted by atomic mass is 14.6. The molecule has 0 aliphatic carbocycles. The van der Waals surface area contributed by atoms with E-state index in [-0.39, 0.29) is 0 Å². The summed E-state index contributed by atoms with van der Waals surface area (Å²) in [6.45, 7) is 6.05. The van der Waals surface area contributed by atoms with Crippen LogP contribution in [0.25, 0.3) is 0 Å². The van der Waals surface area contributed by atoms with Gasteiger partial charge >= 0.3 is 0 Å². The second-order valence-electron chi connectivity index (χ2n) is 3.02. The van der Waals surface area contributed by atoms with Gasteiger partial charge in [0, 0.05) is 18.1 Å². The Morgan fingerprint density at radius 1 is 1.36 bits per heavy atom. The summed E-state index contributed by atoms with van der Waals surface area (Å²) in [4.78, 5) is 3.99. The summed E-state index contributed by atoms with van der Waals surface area (Å²) in [5, 5.41) is 7.81. The van der Waals surface area contributed by atoms with E-state index in [2.05, 4.69) is 24.9 Å². The Morgan fingerprint density at radius 3 is 2.57 bits per heavy atom. The van der Waals surface area contributed by atoms with Crippen molar-refractivity contribution in [2.24, 2.45) is 4.99 Å². The first-order chi connectivity index (χ1) is 6.76. The Kier molecular flexibility index (Phi) is 7.71. The number of hydrogen-bond donors (Lipinski definition) is 1. The van der Waals surface area contributed by atoms with Crippen molar-refractivity contribution in [2.75, 3.05) is 0 Å². The summed E-state index contributed by atoms with van der Waals surface area (Å²) in [5.41, 5.74) is 1.71. The van der Waals surface area contributed by atoms with Crippen LogP contribution in [0.15, 0.2) is 28.9 Å². The van der Waals surface area contributed by atoms with Gasteiger partial charge in [0.2, 0.25) is 0 Å². The molecular weight excluding hydrogens is 172 g/mol. The van der Waals surface area contributed by atoms with Gasteiger partial charge in [-0.1, -0.05) is 26.3 Å². The van der Waals surface area contributed by atoms with Crippen LogP contribution in [-0.4, -0.2) is 11.9 Å². The minimum Gasteiger partial charge on any atom is -0.305 e. The van der Waals surface area contributed by atoms with Crippen LogP contribution in [-0.2, 0) is 0 Å². The van der Waals surface area contributed by atoms with Crippen LogP contribution in [0.4, 0.5) is 0 Å². The zero-order chi connectivity index (χ0) is 10.8. The molecule has 1 N–H and O–H groups in total. The number of nitrogens with one attached hydrogen (secondary N) is 1. The largest absolute Gasteiger partial charge is 0.305 e. The molecule has 0 amide bonds. The normalized spacial score (nSPS) is 12.9. The third-order valence-electron chi connectivity index (χ3n) is 1.76. The summed E-state index contributed by atoms with van der Waals surface area (Å²) < 4.78 is 0. The molecule has 0 unspecified atom stereocenters. The molecule has 0 bridgehead atoms. The first kappa shape index (κ1) is 12.8. The Morgan fingerprint density at radius 2 is 2.07 bits per heavy atom. The van der Waals surface area contributed by atoms with Gasteiger partial charge in [0.15, 0.2) is 0 Å². The summed E-state index contributed by atoms with van der Waals surface area (Å²) >= 11 is 0. The lowest BCUT2D eigenvalue weighted by atomic mass is 10.1. The second kappa shape index (κ2) is 8.42. The van der Waals surface area contributed by atoms with E-state index >= 15 is 0 Å². The van der Waals surface area contributed by atoms with Crippen LogP contribution in [0.2, 0.25) is 0 Å². The highest BCUT2D eigenvalue weighted by molar-refractivity contribution is 6.00. The second-order valence-corrected chi connectivity index (χ2v) is 3.02. The van der Waals surface area contributed by atoms with E-state index in [1.54, 1.807) is 12.4 Å². The molecule has 2 nitrogen and oxygen atoms in total. The van der Waals surface area contributed by atoms with Gasteiger partial charge in [-0.3, -0.25) is 4.99 Å². The lowest BCUT2D eigenvalue weighted by Crippen LogP contribution is -1.98. The molecule has 78 valence electrons. The van der Waals surface area contributed by atoms with Gasteiger partial charge in [0.1, 0.15) is 0 Å². The number of hydrogen-bond acceptors (Lipinski definition) is 2. The molecule has 14 heavy (non-hydrogen) atoms. The van der Waals surface area contributed by atoms with Gasteiger partial charge in [-0.2, -0.15) is 0 Å². The highest BCUT2D eigenvalue weighted by Crippen LogP contribution is 2.06. The molecule has 0 aromatic rings. The number of nitrogens with zero attached hydrogens (tertiary/aromatic N) is 1. The summed E-state index contributed by atoms with van der Waals surface area (Å²) in [6, 6.07) is 0. The van der Waals surface area contributed by atoms with Gasteiger partial charge in [-0.05, 0) is 31.4 Å². The van der Waals surface area contributed by atoms with Crippen LogP contribution in [0.5, 0.6) is 0 Å². The lowest BCUT2D eigenvalue weighted by molar-refractivity contribution is 0.985. The van der Waals surface area contributed by atoms with Crippen molar-refractivity contribution in [3.8, 4) is 0 Å². The molecule has 0 rings (SSSR count). The first-order valence-electron chi connectivity index (χ1n) is 5.18. The van der Waals surface area contributed by atoms with E-state index < -0.39 is 0 Å². The third kappa shape index (κ3) is 5.46. The zero-order valence-electron chi connectivity index (χ0n) is 9.38. The van der Waals surface area contributed by atoms with Crippen molar-refractivity contribution in [3.05, 3.63) is 23.9 Å². The SMILES string of the molecule is CC=N/C=C\C(=C\CC)C(=N)CCC. The third-order valence-corrected chi connectivity index (χ3v) is 1.76. The fourth-order valence-corrected chi connectivity index (χ4v) is 1.12. The molecular formula is C12H20N2. The van der Waals surface area contributed by atoms with Gasteiger partial charge in [-0.25, -0.2) is 0 Å². The van der Waals surface area contributed by atoms with Crippen molar-refractivity contribution in [1.82, 2.24) is 0 Å². The highest BCUT2D eigenvalue weighted by Gasteiger charge is 1.98. The van der Waals surface area contributed by atoms with E-state index in [1.807, 2.05) is 13.0 Å². The van der Waals surface area contributed by atoms with E-state index in [1.165, 1.54) is 0 Å². The molecule has 0 saturated heterocycles. The summed E-state index contributed by atoms with van der Waals surface area (Å²) in [5.74, 6) is 0. The molecule has 0 radical (unpaired) electrons. The molecule has 0 atom stereocenters. The fourth-order valence-electron chi connectivity index (χ4n) is 1.12. The van der Waals surface area contributed by atoms with Crippen LogP contribution < -0.4 is 0 Å². The van der Waals surface area contributed by atoms with E-state index in [0.717, 1.165) is 24.8 Å². The number of rotatable bonds is 6. The minimum atomic E-state index is 0.705. The zero-order valence-corrected chi connectivity index (χ0v) is 9.38. The molecule has 2 heteroatoms. The van der Waals surface area contributed by atoms with Crippen LogP contribution in [0.3, 0.4) is 0 Å². The van der Waals surface area contributed by atoms with Crippen molar-refractivity contribution in [1.29, 1.82) is 5.41 Å². The average molecular weight is 192 g/mol.